The van der Waals surface area contributed by atoms with E-state index >= 15 is 0 Å². The molecule has 24 heavy (non-hydrogen) atoms. The number of hydrogen-bond donors (Lipinski definition) is 2. The van der Waals surface area contributed by atoms with Gasteiger partial charge in [-0.1, -0.05) is 24.3 Å². The van der Waals surface area contributed by atoms with Crippen LogP contribution < -0.4 is 10.5 Å². The Bertz CT molecular complexity index is 866. The van der Waals surface area contributed by atoms with Crippen LogP contribution in [0.5, 0.6) is 0 Å². The minimum Gasteiger partial charge on any atom is -0.326 e. The summed E-state index contributed by atoms with van der Waals surface area (Å²) in [7, 11) is -3.62. The highest BCUT2D eigenvalue weighted by atomic mass is 32.2. The van der Waals surface area contributed by atoms with Crippen LogP contribution in [-0.2, 0) is 20.6 Å². The van der Waals surface area contributed by atoms with E-state index in [1.807, 2.05) is 0 Å². The molecule has 0 heterocycles. The van der Waals surface area contributed by atoms with E-state index in [1.165, 1.54) is 12.1 Å². The van der Waals surface area contributed by atoms with Crippen molar-refractivity contribution in [1.82, 2.24) is 0 Å². The van der Waals surface area contributed by atoms with Gasteiger partial charge < -0.3 is 5.32 Å². The zero-order chi connectivity index (χ0) is 17.3. The highest BCUT2D eigenvalue weighted by Crippen LogP contribution is 2.48. The predicted molar refractivity (Wildman–Crippen MR) is 89.1 cm³/mol. The van der Waals surface area contributed by atoms with Crippen LogP contribution in [0.3, 0.4) is 0 Å². The number of sulfonamides is 1. The fourth-order valence-electron chi connectivity index (χ4n) is 2.77. The molecule has 1 amide bonds. The molecule has 0 saturated heterocycles. The molecule has 2 aromatic rings. The van der Waals surface area contributed by atoms with E-state index < -0.39 is 10.0 Å². The number of hydrogen-bond acceptors (Lipinski definition) is 3. The molecule has 0 unspecified atom stereocenters. The van der Waals surface area contributed by atoms with Crippen molar-refractivity contribution in [2.45, 2.75) is 18.1 Å². The number of rotatable bonds is 5. The summed E-state index contributed by atoms with van der Waals surface area (Å²) in [6.45, 7) is 0. The third kappa shape index (κ3) is 4.18. The second kappa shape index (κ2) is 6.33. The van der Waals surface area contributed by atoms with Gasteiger partial charge in [-0.2, -0.15) is 0 Å². The molecule has 3 N–H and O–H groups in total. The summed E-state index contributed by atoms with van der Waals surface area (Å²) in [6.07, 6.45) is 0.717. The molecule has 126 valence electrons. The van der Waals surface area contributed by atoms with Crippen LogP contribution >= 0.6 is 0 Å². The lowest BCUT2D eigenvalue weighted by Crippen LogP contribution is -2.16. The Morgan fingerprint density at radius 3 is 2.58 bits per heavy atom. The molecule has 1 aliphatic carbocycles. The van der Waals surface area contributed by atoms with Crippen LogP contribution in [0.2, 0.25) is 0 Å². The topological polar surface area (TPSA) is 89.3 Å². The molecule has 7 heteroatoms. The van der Waals surface area contributed by atoms with Crippen LogP contribution in [0.15, 0.2) is 48.5 Å². The maximum atomic E-state index is 12.9. The molecule has 1 aliphatic rings. The zero-order valence-electron chi connectivity index (χ0n) is 12.8. The van der Waals surface area contributed by atoms with Crippen molar-refractivity contribution in [3.05, 3.63) is 65.5 Å². The number of halogens is 1. The van der Waals surface area contributed by atoms with Gasteiger partial charge in [0.05, 0.1) is 5.75 Å². The highest BCUT2D eigenvalue weighted by Gasteiger charge is 2.43. The monoisotopic (exact) mass is 348 g/mol. The van der Waals surface area contributed by atoms with E-state index in [2.05, 4.69) is 5.32 Å². The van der Waals surface area contributed by atoms with Crippen molar-refractivity contribution in [3.8, 4) is 0 Å². The second-order valence-corrected chi connectivity index (χ2v) is 7.61. The smallest absolute Gasteiger partial charge is 0.228 e. The number of carbonyl (C=O) groups excluding carboxylic acids is 1. The first-order valence-corrected chi connectivity index (χ1v) is 9.19. The molecular weight excluding hydrogens is 331 g/mol. The van der Waals surface area contributed by atoms with E-state index in [9.17, 15) is 17.6 Å². The first-order chi connectivity index (χ1) is 11.3. The number of benzene rings is 2. The maximum Gasteiger partial charge on any atom is 0.228 e. The summed E-state index contributed by atoms with van der Waals surface area (Å²) in [4.78, 5) is 12.3. The number of nitrogens with two attached hydrogens (primary N) is 1. The minimum absolute atomic E-state index is 0.0956. The molecule has 3 rings (SSSR count). The fourth-order valence-corrected chi connectivity index (χ4v) is 3.41. The average Bonchev–Trinajstić information content (AvgIpc) is 3.27. The predicted octanol–water partition coefficient (Wildman–Crippen LogP) is 2.36. The van der Waals surface area contributed by atoms with E-state index in [1.54, 1.807) is 36.4 Å². The summed E-state index contributed by atoms with van der Waals surface area (Å²) in [5.74, 6) is -0.766. The number of primary sulfonamides is 1. The minimum atomic E-state index is -3.62. The van der Waals surface area contributed by atoms with Crippen molar-refractivity contribution in [3.63, 3.8) is 0 Å². The third-order valence-electron chi connectivity index (χ3n) is 3.99. The molecule has 0 radical (unpaired) electrons. The molecule has 0 aromatic heterocycles. The van der Waals surface area contributed by atoms with E-state index in [0.29, 0.717) is 17.7 Å². The van der Waals surface area contributed by atoms with Gasteiger partial charge in [-0.3, -0.25) is 4.79 Å². The first kappa shape index (κ1) is 16.6. The molecule has 0 bridgehead atoms. The third-order valence-corrected chi connectivity index (χ3v) is 4.72. The summed E-state index contributed by atoms with van der Waals surface area (Å²) in [5.41, 5.74) is 1.99. The van der Waals surface area contributed by atoms with Gasteiger partial charge >= 0.3 is 0 Å². The largest absolute Gasteiger partial charge is 0.326 e. The lowest BCUT2D eigenvalue weighted by atomic mass is 10.1. The number of anilines is 1. The summed E-state index contributed by atoms with van der Waals surface area (Å²) >= 11 is 0. The zero-order valence-corrected chi connectivity index (χ0v) is 13.6. The molecule has 0 spiro atoms. The van der Waals surface area contributed by atoms with Crippen LogP contribution in [0.25, 0.3) is 0 Å². The quantitative estimate of drug-likeness (QED) is 0.869. The molecule has 1 fully saturated rings. The molecule has 1 saturated carbocycles. The molecule has 2 atom stereocenters. The van der Waals surface area contributed by atoms with Crippen molar-refractivity contribution >= 4 is 21.6 Å². The van der Waals surface area contributed by atoms with Crippen molar-refractivity contribution in [2.75, 3.05) is 5.32 Å². The molecule has 0 aliphatic heterocycles. The van der Waals surface area contributed by atoms with Gasteiger partial charge in [-0.05, 0) is 47.7 Å². The lowest BCUT2D eigenvalue weighted by Gasteiger charge is -2.07. The maximum absolute atomic E-state index is 12.9. The van der Waals surface area contributed by atoms with E-state index in [4.69, 9.17) is 5.14 Å². The van der Waals surface area contributed by atoms with E-state index in [-0.39, 0.29) is 29.3 Å². The number of amides is 1. The highest BCUT2D eigenvalue weighted by molar-refractivity contribution is 7.88. The molecule has 5 nitrogen and oxygen atoms in total. The Morgan fingerprint density at radius 2 is 1.92 bits per heavy atom. The van der Waals surface area contributed by atoms with Crippen LogP contribution in [0.1, 0.15) is 23.5 Å². The standard InChI is InChI=1S/C17H17FN2O3S/c18-13-6-4-12(5-7-13)15-9-16(15)17(21)20-14-3-1-2-11(8-14)10-24(19,22)23/h1-8,15-16H,9-10H2,(H,20,21)(H2,19,22,23)/t15-,16-/m0/s1. The fraction of sp³-hybridized carbons (Fsp3) is 0.235. The van der Waals surface area contributed by atoms with Gasteiger partial charge in [-0.15, -0.1) is 0 Å². The SMILES string of the molecule is NS(=O)(=O)Cc1cccc(NC(=O)[C@H]2C[C@H]2c2ccc(F)cc2)c1. The molecular formula is C17H17FN2O3S. The number of nitrogens with one attached hydrogen (secondary N) is 1. The Hall–Kier alpha value is -2.25. The van der Waals surface area contributed by atoms with Crippen molar-refractivity contribution in [1.29, 1.82) is 0 Å². The van der Waals surface area contributed by atoms with Crippen LogP contribution in [0.4, 0.5) is 10.1 Å². The van der Waals surface area contributed by atoms with Gasteiger partial charge in [0.2, 0.25) is 15.9 Å². The van der Waals surface area contributed by atoms with Gasteiger partial charge in [0.1, 0.15) is 5.82 Å². The Labute approximate surface area is 139 Å². The normalized spacial score (nSPS) is 19.8. The van der Waals surface area contributed by atoms with Crippen molar-refractivity contribution in [2.24, 2.45) is 11.1 Å². The van der Waals surface area contributed by atoms with E-state index in [0.717, 1.165) is 5.56 Å². The summed E-state index contributed by atoms with van der Waals surface area (Å²) in [6, 6.07) is 12.8. The van der Waals surface area contributed by atoms with Gasteiger partial charge in [-0.25, -0.2) is 17.9 Å². The first-order valence-electron chi connectivity index (χ1n) is 7.47. The Kier molecular flexibility index (Phi) is 4.38. The Morgan fingerprint density at radius 1 is 1.21 bits per heavy atom. The summed E-state index contributed by atoms with van der Waals surface area (Å²) in [5, 5.41) is 7.82. The van der Waals surface area contributed by atoms with Gasteiger partial charge in [0.25, 0.3) is 0 Å². The Balaban J connectivity index is 1.64. The van der Waals surface area contributed by atoms with Crippen molar-refractivity contribution < 1.29 is 17.6 Å². The summed E-state index contributed by atoms with van der Waals surface area (Å²) < 4.78 is 35.2. The average molecular weight is 348 g/mol. The van der Waals surface area contributed by atoms with Crippen LogP contribution in [-0.4, -0.2) is 14.3 Å². The van der Waals surface area contributed by atoms with Crippen LogP contribution in [0, 0.1) is 11.7 Å². The lowest BCUT2D eigenvalue weighted by molar-refractivity contribution is -0.117. The number of carbonyl (C=O) groups is 1. The van der Waals surface area contributed by atoms with Gasteiger partial charge in [0.15, 0.2) is 0 Å². The van der Waals surface area contributed by atoms with Gasteiger partial charge in [0, 0.05) is 11.6 Å². The second-order valence-electron chi connectivity index (χ2n) is 6.00. The molecule has 2 aromatic carbocycles.